The molecule has 0 radical (unpaired) electrons. The zero-order valence-electron chi connectivity index (χ0n) is 13.4. The van der Waals surface area contributed by atoms with E-state index in [0.29, 0.717) is 17.9 Å². The lowest BCUT2D eigenvalue weighted by atomic mass is 10.1. The van der Waals surface area contributed by atoms with Crippen LogP contribution in [0.3, 0.4) is 0 Å². The maximum Gasteiger partial charge on any atom is 0.203 e. The molecular formula is C18H17NO6. The van der Waals surface area contributed by atoms with Crippen molar-refractivity contribution in [2.75, 3.05) is 25.6 Å². The van der Waals surface area contributed by atoms with Crippen LogP contribution in [0.5, 0.6) is 17.2 Å². The molecule has 1 aromatic heterocycles. The summed E-state index contributed by atoms with van der Waals surface area (Å²) in [6.45, 7) is 0.461. The molecule has 2 aromatic carbocycles. The first kappa shape index (κ1) is 16.7. The highest BCUT2D eigenvalue weighted by Crippen LogP contribution is 2.41. The van der Waals surface area contributed by atoms with E-state index in [9.17, 15) is 15.0 Å². The zero-order chi connectivity index (χ0) is 18.0. The van der Waals surface area contributed by atoms with Gasteiger partial charge in [-0.2, -0.15) is 0 Å². The first-order chi connectivity index (χ1) is 12.0. The third-order valence-corrected chi connectivity index (χ3v) is 3.74. The van der Waals surface area contributed by atoms with Gasteiger partial charge in [0.2, 0.25) is 5.75 Å². The van der Waals surface area contributed by atoms with Crippen LogP contribution in [-0.2, 0) is 0 Å². The minimum atomic E-state index is -0.457. The van der Waals surface area contributed by atoms with E-state index in [-0.39, 0.29) is 29.1 Å². The van der Waals surface area contributed by atoms with Crippen molar-refractivity contribution in [2.45, 2.75) is 0 Å². The number of anilines is 1. The Morgan fingerprint density at radius 1 is 1.16 bits per heavy atom. The molecule has 0 aliphatic heterocycles. The molecule has 0 amide bonds. The molecule has 0 aliphatic rings. The molecule has 0 saturated heterocycles. The second kappa shape index (κ2) is 6.74. The van der Waals surface area contributed by atoms with Gasteiger partial charge in [-0.25, -0.2) is 0 Å². The molecule has 3 rings (SSSR count). The second-order valence-corrected chi connectivity index (χ2v) is 5.35. The Morgan fingerprint density at radius 2 is 1.88 bits per heavy atom. The number of methoxy groups -OCH3 is 1. The molecule has 1 heterocycles. The van der Waals surface area contributed by atoms with E-state index in [0.717, 1.165) is 5.69 Å². The Balaban J connectivity index is 2.08. The fourth-order valence-electron chi connectivity index (χ4n) is 2.57. The van der Waals surface area contributed by atoms with Gasteiger partial charge >= 0.3 is 0 Å². The molecule has 0 atom stereocenters. The first-order valence-corrected chi connectivity index (χ1v) is 7.57. The molecule has 25 heavy (non-hydrogen) atoms. The maximum absolute atomic E-state index is 12.4. The quantitative estimate of drug-likeness (QED) is 0.562. The molecular weight excluding hydrogens is 326 g/mol. The molecule has 0 aliphatic carbocycles. The number of rotatable bonds is 5. The summed E-state index contributed by atoms with van der Waals surface area (Å²) in [4.78, 5) is 12.4. The van der Waals surface area contributed by atoms with Crippen molar-refractivity contribution in [1.29, 1.82) is 0 Å². The SMILES string of the molecule is COc1c(O)cc2oc(-c3ccc(NCCO)cc3)cc(=O)c2c1O. The van der Waals surface area contributed by atoms with E-state index < -0.39 is 11.2 Å². The van der Waals surface area contributed by atoms with Gasteiger partial charge in [-0.1, -0.05) is 0 Å². The number of nitrogens with one attached hydrogen (secondary N) is 1. The standard InChI is InChI=1S/C18H17NO6/c1-24-18-13(22)9-15-16(17(18)23)12(21)8-14(25-15)10-2-4-11(5-3-10)19-6-7-20/h2-5,8-9,19-20,22-23H,6-7H2,1H3. The Hall–Kier alpha value is -3.19. The Morgan fingerprint density at radius 3 is 2.52 bits per heavy atom. The third kappa shape index (κ3) is 3.09. The van der Waals surface area contributed by atoms with Crippen LogP contribution >= 0.6 is 0 Å². The van der Waals surface area contributed by atoms with Gasteiger partial charge in [0.15, 0.2) is 16.9 Å². The van der Waals surface area contributed by atoms with Gasteiger partial charge in [-0.05, 0) is 24.3 Å². The molecule has 0 unspecified atom stereocenters. The van der Waals surface area contributed by atoms with E-state index in [1.807, 2.05) is 0 Å². The summed E-state index contributed by atoms with van der Waals surface area (Å²) in [5, 5.41) is 31.8. The maximum atomic E-state index is 12.4. The fourth-order valence-corrected chi connectivity index (χ4v) is 2.57. The molecule has 0 spiro atoms. The van der Waals surface area contributed by atoms with Gasteiger partial charge in [0.25, 0.3) is 0 Å². The van der Waals surface area contributed by atoms with Crippen molar-refractivity contribution in [3.8, 4) is 28.6 Å². The number of fused-ring (bicyclic) bond motifs is 1. The normalized spacial score (nSPS) is 10.8. The van der Waals surface area contributed by atoms with E-state index in [2.05, 4.69) is 5.32 Å². The number of phenolic OH excluding ortho intramolecular Hbond substituents is 2. The van der Waals surface area contributed by atoms with Crippen LogP contribution in [0.15, 0.2) is 45.6 Å². The lowest BCUT2D eigenvalue weighted by Crippen LogP contribution is -2.05. The molecule has 7 heteroatoms. The highest BCUT2D eigenvalue weighted by atomic mass is 16.5. The fraction of sp³-hybridized carbons (Fsp3) is 0.167. The molecule has 0 saturated carbocycles. The average molecular weight is 343 g/mol. The minimum Gasteiger partial charge on any atom is -0.504 e. The summed E-state index contributed by atoms with van der Waals surface area (Å²) in [7, 11) is 1.28. The van der Waals surface area contributed by atoms with Gasteiger partial charge in [-0.3, -0.25) is 4.79 Å². The summed E-state index contributed by atoms with van der Waals surface area (Å²) < 4.78 is 10.6. The molecule has 0 bridgehead atoms. The molecule has 4 N–H and O–H groups in total. The van der Waals surface area contributed by atoms with Crippen molar-refractivity contribution in [1.82, 2.24) is 0 Å². The van der Waals surface area contributed by atoms with Crippen molar-refractivity contribution >= 4 is 16.7 Å². The predicted octanol–water partition coefficient (Wildman–Crippen LogP) is 2.28. The van der Waals surface area contributed by atoms with Gasteiger partial charge in [-0.15, -0.1) is 0 Å². The Bertz CT molecular complexity index is 962. The minimum absolute atomic E-state index is 0.0255. The van der Waals surface area contributed by atoms with Gasteiger partial charge < -0.3 is 29.8 Å². The number of aliphatic hydroxyl groups is 1. The van der Waals surface area contributed by atoms with Crippen LogP contribution in [0, 0.1) is 0 Å². The lowest BCUT2D eigenvalue weighted by molar-refractivity contribution is 0.311. The van der Waals surface area contributed by atoms with E-state index >= 15 is 0 Å². The molecule has 3 aromatic rings. The van der Waals surface area contributed by atoms with E-state index in [4.69, 9.17) is 14.3 Å². The Labute approximate surface area is 142 Å². The summed E-state index contributed by atoms with van der Waals surface area (Å²) in [6, 6.07) is 9.60. The first-order valence-electron chi connectivity index (χ1n) is 7.57. The number of aromatic hydroxyl groups is 2. The van der Waals surface area contributed by atoms with Crippen LogP contribution in [0.25, 0.3) is 22.3 Å². The smallest absolute Gasteiger partial charge is 0.203 e. The van der Waals surface area contributed by atoms with Crippen molar-refractivity contribution in [3.05, 3.63) is 46.6 Å². The predicted molar refractivity (Wildman–Crippen MR) is 93.4 cm³/mol. The highest BCUT2D eigenvalue weighted by molar-refractivity contribution is 5.89. The van der Waals surface area contributed by atoms with Crippen molar-refractivity contribution < 1.29 is 24.5 Å². The van der Waals surface area contributed by atoms with Crippen LogP contribution in [-0.4, -0.2) is 35.6 Å². The Kier molecular flexibility index (Phi) is 4.49. The zero-order valence-corrected chi connectivity index (χ0v) is 13.4. The largest absolute Gasteiger partial charge is 0.504 e. The summed E-state index contributed by atoms with van der Waals surface area (Å²) >= 11 is 0. The van der Waals surface area contributed by atoms with E-state index in [1.54, 1.807) is 24.3 Å². The number of ether oxygens (including phenoxy) is 1. The summed E-state index contributed by atoms with van der Waals surface area (Å²) in [5.74, 6) is -0.653. The van der Waals surface area contributed by atoms with Gasteiger partial charge in [0.1, 0.15) is 16.7 Å². The number of aliphatic hydroxyl groups excluding tert-OH is 1. The van der Waals surface area contributed by atoms with Crippen molar-refractivity contribution in [3.63, 3.8) is 0 Å². The number of benzene rings is 2. The van der Waals surface area contributed by atoms with E-state index in [1.165, 1.54) is 19.2 Å². The number of phenols is 2. The monoisotopic (exact) mass is 343 g/mol. The van der Waals surface area contributed by atoms with Gasteiger partial charge in [0.05, 0.1) is 13.7 Å². The summed E-state index contributed by atoms with van der Waals surface area (Å²) in [6.07, 6.45) is 0. The molecule has 0 fully saturated rings. The topological polar surface area (TPSA) is 112 Å². The second-order valence-electron chi connectivity index (χ2n) is 5.35. The third-order valence-electron chi connectivity index (χ3n) is 3.74. The van der Waals surface area contributed by atoms with Crippen LogP contribution in [0.2, 0.25) is 0 Å². The highest BCUT2D eigenvalue weighted by Gasteiger charge is 2.18. The molecule has 7 nitrogen and oxygen atoms in total. The van der Waals surface area contributed by atoms with Crippen LogP contribution in [0.4, 0.5) is 5.69 Å². The number of hydrogen-bond donors (Lipinski definition) is 4. The summed E-state index contributed by atoms with van der Waals surface area (Å²) in [5.41, 5.74) is 1.08. The average Bonchev–Trinajstić information content (AvgIpc) is 2.60. The number of hydrogen-bond acceptors (Lipinski definition) is 7. The molecule has 130 valence electrons. The van der Waals surface area contributed by atoms with Gasteiger partial charge in [0, 0.05) is 29.9 Å². The van der Waals surface area contributed by atoms with Crippen molar-refractivity contribution in [2.24, 2.45) is 0 Å². The van der Waals surface area contributed by atoms with Crippen LogP contribution < -0.4 is 15.5 Å². The lowest BCUT2D eigenvalue weighted by Gasteiger charge is -2.10. The van der Waals surface area contributed by atoms with Crippen LogP contribution in [0.1, 0.15) is 0 Å².